The van der Waals surface area contributed by atoms with Crippen LogP contribution in [-0.4, -0.2) is 0 Å². The molecule has 2 aromatic rings. The van der Waals surface area contributed by atoms with E-state index >= 15 is 0 Å². The van der Waals surface area contributed by atoms with Crippen LogP contribution in [0.4, 0.5) is 0 Å². The zero-order valence-corrected chi connectivity index (χ0v) is 13.5. The molecule has 0 unspecified atom stereocenters. The second-order valence-electron chi connectivity index (χ2n) is 3.43. The summed E-state index contributed by atoms with van der Waals surface area (Å²) >= 11 is 10.4. The molecule has 1 nitrogen and oxygen atoms in total. The number of para-hydroxylation sites is 1. The lowest BCUT2D eigenvalue weighted by atomic mass is 10.2. The molecule has 0 aliphatic heterocycles. The third-order valence-corrected chi connectivity index (χ3v) is 4.27. The molecule has 0 saturated heterocycles. The second-order valence-corrected chi connectivity index (χ2v) is 5.99. The highest BCUT2D eigenvalue weighted by molar-refractivity contribution is 9.11. The smallest absolute Gasteiger partial charge is 0.148 e. The summed E-state index contributed by atoms with van der Waals surface area (Å²) < 4.78 is 8.76. The van der Waals surface area contributed by atoms with E-state index in [2.05, 4.69) is 47.8 Å². The van der Waals surface area contributed by atoms with Crippen LogP contribution in [0.5, 0.6) is 5.75 Å². The van der Waals surface area contributed by atoms with E-state index in [4.69, 9.17) is 4.74 Å². The van der Waals surface area contributed by atoms with Crippen molar-refractivity contribution in [2.75, 3.05) is 0 Å². The SMILES string of the molecule is Brc1ccccc1COc1c(Br)cccc1Br. The fourth-order valence-corrected chi connectivity index (χ4v) is 3.01. The first-order valence-electron chi connectivity index (χ1n) is 4.98. The van der Waals surface area contributed by atoms with Gasteiger partial charge in [-0.2, -0.15) is 0 Å². The average Bonchev–Trinajstić information content (AvgIpc) is 2.30. The van der Waals surface area contributed by atoms with Crippen LogP contribution in [0.15, 0.2) is 55.9 Å². The summed E-state index contributed by atoms with van der Waals surface area (Å²) in [7, 11) is 0. The fourth-order valence-electron chi connectivity index (χ4n) is 1.39. The van der Waals surface area contributed by atoms with Crippen molar-refractivity contribution < 1.29 is 4.74 Å². The first kappa shape index (κ1) is 13.1. The van der Waals surface area contributed by atoms with Crippen molar-refractivity contribution in [3.63, 3.8) is 0 Å². The minimum atomic E-state index is 0.530. The van der Waals surface area contributed by atoms with E-state index < -0.39 is 0 Å². The van der Waals surface area contributed by atoms with E-state index in [1.54, 1.807) is 0 Å². The Labute approximate surface area is 126 Å². The second kappa shape index (κ2) is 6.03. The molecule has 0 saturated carbocycles. The van der Waals surface area contributed by atoms with Crippen molar-refractivity contribution in [3.05, 3.63) is 61.4 Å². The molecule has 0 aliphatic rings. The van der Waals surface area contributed by atoms with Crippen molar-refractivity contribution in [3.8, 4) is 5.75 Å². The van der Waals surface area contributed by atoms with Crippen molar-refractivity contribution >= 4 is 47.8 Å². The molecule has 2 aromatic carbocycles. The van der Waals surface area contributed by atoms with Crippen LogP contribution < -0.4 is 4.74 Å². The van der Waals surface area contributed by atoms with E-state index in [-0.39, 0.29) is 0 Å². The van der Waals surface area contributed by atoms with Gasteiger partial charge in [-0.05, 0) is 50.1 Å². The molecule has 88 valence electrons. The number of hydrogen-bond acceptors (Lipinski definition) is 1. The van der Waals surface area contributed by atoms with Gasteiger partial charge in [-0.3, -0.25) is 0 Å². The molecule has 4 heteroatoms. The molecule has 17 heavy (non-hydrogen) atoms. The molecule has 0 spiro atoms. The highest BCUT2D eigenvalue weighted by Crippen LogP contribution is 2.33. The highest BCUT2D eigenvalue weighted by Gasteiger charge is 2.07. The lowest BCUT2D eigenvalue weighted by Gasteiger charge is -2.11. The Balaban J connectivity index is 2.16. The van der Waals surface area contributed by atoms with Crippen LogP contribution in [0.1, 0.15) is 5.56 Å². The van der Waals surface area contributed by atoms with Gasteiger partial charge in [0, 0.05) is 10.0 Å². The summed E-state index contributed by atoms with van der Waals surface area (Å²) in [5.74, 6) is 0.822. The average molecular weight is 421 g/mol. The Hall–Kier alpha value is -0.320. The number of halogens is 3. The quantitative estimate of drug-likeness (QED) is 0.632. The maximum Gasteiger partial charge on any atom is 0.148 e. The first-order chi connectivity index (χ1) is 8.18. The van der Waals surface area contributed by atoms with E-state index in [1.165, 1.54) is 0 Å². The molecule has 0 aromatic heterocycles. The molecule has 0 N–H and O–H groups in total. The van der Waals surface area contributed by atoms with Crippen LogP contribution in [0, 0.1) is 0 Å². The summed E-state index contributed by atoms with van der Waals surface area (Å²) in [5.41, 5.74) is 1.12. The Morgan fingerprint density at radius 1 is 0.765 bits per heavy atom. The molecular formula is C13H9Br3O. The summed E-state index contributed by atoms with van der Waals surface area (Å²) in [6.45, 7) is 0.530. The molecule has 0 radical (unpaired) electrons. The number of ether oxygens (including phenoxy) is 1. The Bertz CT molecular complexity index is 506. The predicted octanol–water partition coefficient (Wildman–Crippen LogP) is 5.55. The molecule has 0 atom stereocenters. The molecule has 0 heterocycles. The monoisotopic (exact) mass is 418 g/mol. The molecule has 0 fully saturated rings. The molecule has 0 amide bonds. The van der Waals surface area contributed by atoms with Crippen LogP contribution in [0.25, 0.3) is 0 Å². The van der Waals surface area contributed by atoms with Gasteiger partial charge in [-0.15, -0.1) is 0 Å². The maximum atomic E-state index is 5.81. The highest BCUT2D eigenvalue weighted by atomic mass is 79.9. The maximum absolute atomic E-state index is 5.81. The van der Waals surface area contributed by atoms with Crippen molar-refractivity contribution in [1.82, 2.24) is 0 Å². The van der Waals surface area contributed by atoms with Gasteiger partial charge in [-0.25, -0.2) is 0 Å². The van der Waals surface area contributed by atoms with Gasteiger partial charge >= 0.3 is 0 Å². The molecule has 0 bridgehead atoms. The van der Waals surface area contributed by atoms with Gasteiger partial charge in [0.2, 0.25) is 0 Å². The summed E-state index contributed by atoms with van der Waals surface area (Å²) in [5, 5.41) is 0. The van der Waals surface area contributed by atoms with Gasteiger partial charge in [0.1, 0.15) is 12.4 Å². The third-order valence-electron chi connectivity index (χ3n) is 2.25. The summed E-state index contributed by atoms with van der Waals surface area (Å²) in [6, 6.07) is 13.9. The van der Waals surface area contributed by atoms with E-state index in [9.17, 15) is 0 Å². The Kier molecular flexibility index (Phi) is 4.65. The Morgan fingerprint density at radius 3 is 2.00 bits per heavy atom. The van der Waals surface area contributed by atoms with Gasteiger partial charge in [0.25, 0.3) is 0 Å². The van der Waals surface area contributed by atoms with Crippen LogP contribution in [-0.2, 0) is 6.61 Å². The van der Waals surface area contributed by atoms with Gasteiger partial charge in [0.05, 0.1) is 8.95 Å². The lowest BCUT2D eigenvalue weighted by Crippen LogP contribution is -1.97. The molecule has 0 aliphatic carbocycles. The predicted molar refractivity (Wildman–Crippen MR) is 80.3 cm³/mol. The molecule has 2 rings (SSSR count). The van der Waals surface area contributed by atoms with Gasteiger partial charge in [0.15, 0.2) is 0 Å². The standard InChI is InChI=1S/C13H9Br3O/c14-10-5-2-1-4-9(10)8-17-13-11(15)6-3-7-12(13)16/h1-7H,8H2. The normalized spacial score (nSPS) is 10.3. The van der Waals surface area contributed by atoms with Crippen LogP contribution in [0.2, 0.25) is 0 Å². The van der Waals surface area contributed by atoms with Gasteiger partial charge in [-0.1, -0.05) is 40.2 Å². The summed E-state index contributed by atoms with van der Waals surface area (Å²) in [4.78, 5) is 0. The number of hydrogen-bond donors (Lipinski definition) is 0. The van der Waals surface area contributed by atoms with E-state index in [0.717, 1.165) is 24.7 Å². The molecular weight excluding hydrogens is 412 g/mol. The minimum absolute atomic E-state index is 0.530. The third kappa shape index (κ3) is 3.33. The van der Waals surface area contributed by atoms with E-state index in [1.807, 2.05) is 42.5 Å². The largest absolute Gasteiger partial charge is 0.486 e. The van der Waals surface area contributed by atoms with Crippen LogP contribution >= 0.6 is 47.8 Å². The summed E-state index contributed by atoms with van der Waals surface area (Å²) in [6.07, 6.45) is 0. The van der Waals surface area contributed by atoms with Crippen LogP contribution in [0.3, 0.4) is 0 Å². The van der Waals surface area contributed by atoms with Crippen molar-refractivity contribution in [2.24, 2.45) is 0 Å². The lowest BCUT2D eigenvalue weighted by molar-refractivity contribution is 0.301. The van der Waals surface area contributed by atoms with E-state index in [0.29, 0.717) is 6.61 Å². The first-order valence-corrected chi connectivity index (χ1v) is 7.36. The topological polar surface area (TPSA) is 9.23 Å². The van der Waals surface area contributed by atoms with Crippen molar-refractivity contribution in [1.29, 1.82) is 0 Å². The zero-order chi connectivity index (χ0) is 12.3. The number of benzene rings is 2. The minimum Gasteiger partial charge on any atom is -0.486 e. The van der Waals surface area contributed by atoms with Crippen molar-refractivity contribution in [2.45, 2.75) is 6.61 Å². The number of rotatable bonds is 3. The van der Waals surface area contributed by atoms with Gasteiger partial charge < -0.3 is 4.74 Å². The fraction of sp³-hybridized carbons (Fsp3) is 0.0769. The zero-order valence-electron chi connectivity index (χ0n) is 8.79. The Morgan fingerprint density at radius 2 is 1.35 bits per heavy atom.